The van der Waals surface area contributed by atoms with Gasteiger partial charge in [-0.3, -0.25) is 9.59 Å². The first-order chi connectivity index (χ1) is 4.52. The molecule has 10 heavy (non-hydrogen) atoms. The van der Waals surface area contributed by atoms with E-state index in [1.165, 1.54) is 0 Å². The summed E-state index contributed by atoms with van der Waals surface area (Å²) >= 11 is 0. The van der Waals surface area contributed by atoms with Gasteiger partial charge < -0.3 is 5.32 Å². The Labute approximate surface area is 59.8 Å². The fraction of sp³-hybridized carbons (Fsp3) is 0.714. The van der Waals surface area contributed by atoms with Gasteiger partial charge in [0.2, 0.25) is 5.91 Å². The number of hydrogen-bond donors (Lipinski definition) is 1. The minimum absolute atomic E-state index is 0.0235. The van der Waals surface area contributed by atoms with Crippen LogP contribution in [-0.4, -0.2) is 17.2 Å². The molecule has 0 atom stereocenters. The first-order valence-corrected chi connectivity index (χ1v) is 3.37. The number of hydrogen-bond acceptors (Lipinski definition) is 2. The highest BCUT2D eigenvalue weighted by Gasteiger charge is 2.32. The third-order valence-electron chi connectivity index (χ3n) is 1.73. The van der Waals surface area contributed by atoms with E-state index in [0.717, 1.165) is 0 Å². The van der Waals surface area contributed by atoms with Crippen molar-refractivity contribution >= 4 is 11.7 Å². The van der Waals surface area contributed by atoms with Crippen LogP contribution in [0.25, 0.3) is 0 Å². The van der Waals surface area contributed by atoms with Gasteiger partial charge in [-0.25, -0.2) is 0 Å². The van der Waals surface area contributed by atoms with E-state index in [-0.39, 0.29) is 11.7 Å². The Balaban J connectivity index is 2.73. The van der Waals surface area contributed by atoms with Crippen LogP contribution in [0.3, 0.4) is 0 Å². The number of carbonyl (C=O) groups is 2. The second-order valence-corrected chi connectivity index (χ2v) is 3.10. The fourth-order valence-electron chi connectivity index (χ4n) is 1.02. The Hall–Kier alpha value is -0.860. The molecule has 0 radical (unpaired) electrons. The first kappa shape index (κ1) is 7.25. The highest BCUT2D eigenvalue weighted by Crippen LogP contribution is 2.13. The van der Waals surface area contributed by atoms with Gasteiger partial charge >= 0.3 is 0 Å². The average Bonchev–Trinajstić information content (AvgIpc) is 1.78. The summed E-state index contributed by atoms with van der Waals surface area (Å²) in [6, 6.07) is 0. The van der Waals surface area contributed by atoms with Crippen molar-refractivity contribution in [3.05, 3.63) is 0 Å². The molecular formula is C7H11NO2. The van der Waals surface area contributed by atoms with Crippen LogP contribution in [0, 0.1) is 0 Å². The van der Waals surface area contributed by atoms with Crippen LogP contribution >= 0.6 is 0 Å². The molecule has 3 heteroatoms. The molecule has 1 rings (SSSR count). The summed E-state index contributed by atoms with van der Waals surface area (Å²) < 4.78 is 0. The zero-order chi connectivity index (χ0) is 7.78. The molecule has 0 spiro atoms. The van der Waals surface area contributed by atoms with Crippen molar-refractivity contribution in [1.29, 1.82) is 0 Å². The van der Waals surface area contributed by atoms with E-state index in [2.05, 4.69) is 5.32 Å². The molecule has 0 aromatic rings. The van der Waals surface area contributed by atoms with Gasteiger partial charge in [0.15, 0.2) is 5.78 Å². The first-order valence-electron chi connectivity index (χ1n) is 3.37. The Morgan fingerprint density at radius 3 is 2.30 bits per heavy atom. The van der Waals surface area contributed by atoms with Gasteiger partial charge in [0, 0.05) is 12.8 Å². The number of piperidine rings is 1. The van der Waals surface area contributed by atoms with E-state index in [1.54, 1.807) is 13.8 Å². The summed E-state index contributed by atoms with van der Waals surface area (Å²) in [7, 11) is 0. The molecule has 56 valence electrons. The van der Waals surface area contributed by atoms with Crippen LogP contribution in [0.2, 0.25) is 0 Å². The predicted octanol–water partition coefficient (Wildman–Crippen LogP) is 0.244. The molecule has 1 fully saturated rings. The smallest absolute Gasteiger partial charge is 0.221 e. The van der Waals surface area contributed by atoms with Crippen molar-refractivity contribution in [2.45, 2.75) is 32.2 Å². The number of carbonyl (C=O) groups excluding carboxylic acids is 2. The standard InChI is InChI=1S/C7H11NO2/c1-7(2)5(9)3-4-6(10)8-7/h3-4H2,1-2H3,(H,8,10). The summed E-state index contributed by atoms with van der Waals surface area (Å²) in [5.41, 5.74) is -0.630. The number of nitrogens with one attached hydrogen (secondary N) is 1. The number of Topliss-reactive ketones (excluding diaryl/α,β-unsaturated/α-hetero) is 1. The monoisotopic (exact) mass is 141 g/mol. The van der Waals surface area contributed by atoms with Gasteiger partial charge in [-0.05, 0) is 13.8 Å². The largest absolute Gasteiger partial charge is 0.344 e. The predicted molar refractivity (Wildman–Crippen MR) is 36.5 cm³/mol. The zero-order valence-electron chi connectivity index (χ0n) is 6.23. The molecule has 3 nitrogen and oxygen atoms in total. The van der Waals surface area contributed by atoms with Crippen molar-refractivity contribution in [2.75, 3.05) is 0 Å². The van der Waals surface area contributed by atoms with Crippen LogP contribution in [0.15, 0.2) is 0 Å². The lowest BCUT2D eigenvalue weighted by molar-refractivity contribution is -0.136. The van der Waals surface area contributed by atoms with E-state index in [4.69, 9.17) is 0 Å². The molecule has 0 unspecified atom stereocenters. The SMILES string of the molecule is CC1(C)NC(=O)CCC1=O. The highest BCUT2D eigenvalue weighted by molar-refractivity contribution is 5.97. The maximum absolute atomic E-state index is 11.0. The van der Waals surface area contributed by atoms with Crippen LogP contribution in [-0.2, 0) is 9.59 Å². The molecule has 1 amide bonds. The minimum Gasteiger partial charge on any atom is -0.344 e. The van der Waals surface area contributed by atoms with Crippen LogP contribution in [0.1, 0.15) is 26.7 Å². The molecule has 0 aliphatic carbocycles. The highest BCUT2D eigenvalue weighted by atomic mass is 16.2. The Morgan fingerprint density at radius 1 is 1.30 bits per heavy atom. The molecule has 1 N–H and O–H groups in total. The normalized spacial score (nSPS) is 24.2. The lowest BCUT2D eigenvalue weighted by atomic mass is 9.91. The number of ketones is 1. The van der Waals surface area contributed by atoms with Crippen molar-refractivity contribution in [1.82, 2.24) is 5.32 Å². The van der Waals surface area contributed by atoms with E-state index in [1.807, 2.05) is 0 Å². The van der Waals surface area contributed by atoms with E-state index in [0.29, 0.717) is 12.8 Å². The van der Waals surface area contributed by atoms with E-state index >= 15 is 0 Å². The Bertz CT molecular complexity index is 184. The fourth-order valence-corrected chi connectivity index (χ4v) is 1.02. The third-order valence-corrected chi connectivity index (χ3v) is 1.73. The zero-order valence-corrected chi connectivity index (χ0v) is 6.23. The molecular weight excluding hydrogens is 130 g/mol. The van der Waals surface area contributed by atoms with E-state index in [9.17, 15) is 9.59 Å². The summed E-state index contributed by atoms with van der Waals surface area (Å²) in [5, 5.41) is 2.62. The second kappa shape index (κ2) is 2.08. The quantitative estimate of drug-likeness (QED) is 0.525. The molecule has 0 aromatic heterocycles. The maximum Gasteiger partial charge on any atom is 0.221 e. The van der Waals surface area contributed by atoms with Crippen LogP contribution in [0.5, 0.6) is 0 Å². The Kier molecular flexibility index (Phi) is 1.50. The summed E-state index contributed by atoms with van der Waals surface area (Å²) in [6.07, 6.45) is 0.737. The number of rotatable bonds is 0. The molecule has 0 aromatic carbocycles. The minimum atomic E-state index is -0.630. The topological polar surface area (TPSA) is 46.2 Å². The van der Waals surface area contributed by atoms with Gasteiger partial charge in [0.1, 0.15) is 0 Å². The lowest BCUT2D eigenvalue weighted by Gasteiger charge is -2.28. The van der Waals surface area contributed by atoms with Gasteiger partial charge in [-0.1, -0.05) is 0 Å². The van der Waals surface area contributed by atoms with Crippen molar-refractivity contribution in [3.8, 4) is 0 Å². The molecule has 1 aliphatic rings. The van der Waals surface area contributed by atoms with Gasteiger partial charge in [-0.2, -0.15) is 0 Å². The van der Waals surface area contributed by atoms with Crippen LogP contribution in [0.4, 0.5) is 0 Å². The molecule has 1 saturated heterocycles. The molecule has 1 aliphatic heterocycles. The van der Waals surface area contributed by atoms with Crippen molar-refractivity contribution in [3.63, 3.8) is 0 Å². The summed E-state index contributed by atoms with van der Waals surface area (Å²) in [6.45, 7) is 3.46. The molecule has 0 bridgehead atoms. The number of amides is 1. The van der Waals surface area contributed by atoms with Gasteiger partial charge in [0.25, 0.3) is 0 Å². The van der Waals surface area contributed by atoms with Gasteiger partial charge in [0.05, 0.1) is 5.54 Å². The van der Waals surface area contributed by atoms with Crippen molar-refractivity contribution in [2.24, 2.45) is 0 Å². The molecule has 0 saturated carbocycles. The lowest BCUT2D eigenvalue weighted by Crippen LogP contribution is -2.53. The third kappa shape index (κ3) is 1.17. The molecule has 1 heterocycles. The van der Waals surface area contributed by atoms with Gasteiger partial charge in [-0.15, -0.1) is 0 Å². The second-order valence-electron chi connectivity index (χ2n) is 3.10. The average molecular weight is 141 g/mol. The van der Waals surface area contributed by atoms with Crippen LogP contribution < -0.4 is 5.32 Å². The summed E-state index contributed by atoms with van der Waals surface area (Å²) in [4.78, 5) is 21.8. The summed E-state index contributed by atoms with van der Waals surface area (Å²) in [5.74, 6) is 0.0942. The maximum atomic E-state index is 11.0. The van der Waals surface area contributed by atoms with E-state index < -0.39 is 5.54 Å². The Morgan fingerprint density at radius 2 is 1.90 bits per heavy atom. The van der Waals surface area contributed by atoms with Crippen molar-refractivity contribution < 1.29 is 9.59 Å².